The van der Waals surface area contributed by atoms with Crippen molar-refractivity contribution < 1.29 is 23.7 Å². The SMILES string of the molecule is CCCC[C@@H](C)CCCOC(=O)NCCCOCCOCCOCCCN. The van der Waals surface area contributed by atoms with Gasteiger partial charge >= 0.3 is 6.09 Å². The van der Waals surface area contributed by atoms with Crippen molar-refractivity contribution in [2.45, 2.75) is 58.8 Å². The van der Waals surface area contributed by atoms with Gasteiger partial charge < -0.3 is 30.0 Å². The second kappa shape index (κ2) is 21.4. The van der Waals surface area contributed by atoms with Crippen molar-refractivity contribution in [3.05, 3.63) is 0 Å². The van der Waals surface area contributed by atoms with E-state index in [4.69, 9.17) is 24.7 Å². The molecular formula is C20H42N2O5. The number of rotatable bonds is 20. The minimum Gasteiger partial charge on any atom is -0.450 e. The average Bonchev–Trinajstić information content (AvgIpc) is 2.67. The molecule has 0 aromatic carbocycles. The summed E-state index contributed by atoms with van der Waals surface area (Å²) in [5, 5.41) is 2.74. The Kier molecular flexibility index (Phi) is 20.7. The Labute approximate surface area is 165 Å². The van der Waals surface area contributed by atoms with E-state index in [0.717, 1.165) is 25.7 Å². The number of hydrogen-bond acceptors (Lipinski definition) is 6. The summed E-state index contributed by atoms with van der Waals surface area (Å²) in [6.45, 7) is 9.70. The van der Waals surface area contributed by atoms with Crippen LogP contribution in [0, 0.1) is 5.92 Å². The van der Waals surface area contributed by atoms with Crippen LogP contribution in [-0.2, 0) is 18.9 Å². The molecule has 0 aliphatic carbocycles. The van der Waals surface area contributed by atoms with E-state index in [1.54, 1.807) is 0 Å². The van der Waals surface area contributed by atoms with E-state index in [1.165, 1.54) is 19.3 Å². The second-order valence-electron chi connectivity index (χ2n) is 6.79. The van der Waals surface area contributed by atoms with Crippen molar-refractivity contribution in [2.24, 2.45) is 11.7 Å². The van der Waals surface area contributed by atoms with Crippen LogP contribution in [0.15, 0.2) is 0 Å². The summed E-state index contributed by atoms with van der Waals surface area (Å²) in [5.41, 5.74) is 5.37. The summed E-state index contributed by atoms with van der Waals surface area (Å²) in [4.78, 5) is 11.5. The highest BCUT2D eigenvalue weighted by molar-refractivity contribution is 5.66. The average molecular weight is 391 g/mol. The summed E-state index contributed by atoms with van der Waals surface area (Å²) in [6, 6.07) is 0. The Bertz CT molecular complexity index is 319. The van der Waals surface area contributed by atoms with Crippen LogP contribution in [0.3, 0.4) is 0 Å². The number of hydrogen-bond donors (Lipinski definition) is 2. The minimum absolute atomic E-state index is 0.339. The highest BCUT2D eigenvalue weighted by atomic mass is 16.6. The minimum atomic E-state index is -0.339. The Morgan fingerprint density at radius 3 is 2.07 bits per heavy atom. The molecule has 0 fully saturated rings. The Hall–Kier alpha value is -0.890. The van der Waals surface area contributed by atoms with Gasteiger partial charge in [-0.2, -0.15) is 0 Å². The van der Waals surface area contributed by atoms with Gasteiger partial charge in [0.15, 0.2) is 0 Å². The Morgan fingerprint density at radius 2 is 1.44 bits per heavy atom. The summed E-state index contributed by atoms with van der Waals surface area (Å²) in [5.74, 6) is 0.710. The molecule has 1 atom stereocenters. The van der Waals surface area contributed by atoms with Crippen LogP contribution >= 0.6 is 0 Å². The van der Waals surface area contributed by atoms with Crippen LogP contribution in [0.4, 0.5) is 4.79 Å². The maximum atomic E-state index is 11.5. The zero-order valence-corrected chi connectivity index (χ0v) is 17.5. The summed E-state index contributed by atoms with van der Waals surface area (Å²) in [7, 11) is 0. The first-order valence-corrected chi connectivity index (χ1v) is 10.5. The first-order chi connectivity index (χ1) is 13.2. The van der Waals surface area contributed by atoms with Gasteiger partial charge in [-0.25, -0.2) is 4.79 Å². The zero-order valence-electron chi connectivity index (χ0n) is 17.5. The van der Waals surface area contributed by atoms with E-state index in [2.05, 4.69) is 19.2 Å². The lowest BCUT2D eigenvalue weighted by molar-refractivity contribution is 0.0140. The molecule has 27 heavy (non-hydrogen) atoms. The fraction of sp³-hybridized carbons (Fsp3) is 0.950. The monoisotopic (exact) mass is 390 g/mol. The normalized spacial score (nSPS) is 12.1. The lowest BCUT2D eigenvalue weighted by Crippen LogP contribution is -2.26. The number of amides is 1. The number of nitrogens with two attached hydrogens (primary N) is 1. The third kappa shape index (κ3) is 21.3. The fourth-order valence-corrected chi connectivity index (χ4v) is 2.44. The Morgan fingerprint density at radius 1 is 0.852 bits per heavy atom. The van der Waals surface area contributed by atoms with Crippen LogP contribution in [0.1, 0.15) is 58.8 Å². The third-order valence-electron chi connectivity index (χ3n) is 4.10. The van der Waals surface area contributed by atoms with Gasteiger partial charge in [0, 0.05) is 19.8 Å². The van der Waals surface area contributed by atoms with Crippen molar-refractivity contribution in [3.63, 3.8) is 0 Å². The molecule has 0 aliphatic rings. The highest BCUT2D eigenvalue weighted by Crippen LogP contribution is 2.13. The molecule has 0 aromatic rings. The highest BCUT2D eigenvalue weighted by Gasteiger charge is 2.04. The van der Waals surface area contributed by atoms with E-state index in [9.17, 15) is 4.79 Å². The number of ether oxygens (including phenoxy) is 4. The number of nitrogens with one attached hydrogen (secondary N) is 1. The molecule has 0 aromatic heterocycles. The molecule has 0 spiro atoms. The molecule has 0 radical (unpaired) electrons. The molecule has 7 heteroatoms. The fourth-order valence-electron chi connectivity index (χ4n) is 2.44. The molecule has 0 rings (SSSR count). The predicted molar refractivity (Wildman–Crippen MR) is 108 cm³/mol. The van der Waals surface area contributed by atoms with Crippen molar-refractivity contribution in [2.75, 3.05) is 59.3 Å². The van der Waals surface area contributed by atoms with Gasteiger partial charge in [-0.05, 0) is 38.1 Å². The summed E-state index contributed by atoms with van der Waals surface area (Å²) in [6.07, 6.45) is 7.12. The molecule has 162 valence electrons. The first kappa shape index (κ1) is 26.1. The van der Waals surface area contributed by atoms with Crippen molar-refractivity contribution in [3.8, 4) is 0 Å². The molecule has 0 heterocycles. The van der Waals surface area contributed by atoms with Gasteiger partial charge in [0.25, 0.3) is 0 Å². The quantitative estimate of drug-likeness (QED) is 0.310. The van der Waals surface area contributed by atoms with Crippen LogP contribution < -0.4 is 11.1 Å². The van der Waals surface area contributed by atoms with Crippen LogP contribution in [0.2, 0.25) is 0 Å². The van der Waals surface area contributed by atoms with E-state index >= 15 is 0 Å². The largest absolute Gasteiger partial charge is 0.450 e. The first-order valence-electron chi connectivity index (χ1n) is 10.5. The lowest BCUT2D eigenvalue weighted by Gasteiger charge is -2.11. The van der Waals surface area contributed by atoms with E-state index in [0.29, 0.717) is 65.3 Å². The third-order valence-corrected chi connectivity index (χ3v) is 4.10. The zero-order chi connectivity index (χ0) is 20.0. The van der Waals surface area contributed by atoms with Crippen molar-refractivity contribution in [1.29, 1.82) is 0 Å². The molecule has 0 bridgehead atoms. The standard InChI is InChI=1S/C20H42N2O5/c1-3-4-8-19(2)9-5-14-27-20(23)22-11-7-13-25-16-18-26-17-15-24-12-6-10-21/h19H,3-18,21H2,1-2H3,(H,22,23)/t19-/m1/s1. The molecule has 0 aliphatic heterocycles. The van der Waals surface area contributed by atoms with Gasteiger partial charge in [-0.15, -0.1) is 0 Å². The number of alkyl carbamates (subject to hydrolysis) is 1. The van der Waals surface area contributed by atoms with Crippen LogP contribution in [0.5, 0.6) is 0 Å². The number of carbonyl (C=O) groups is 1. The van der Waals surface area contributed by atoms with Gasteiger partial charge in [0.1, 0.15) is 0 Å². The van der Waals surface area contributed by atoms with Gasteiger partial charge in [0.2, 0.25) is 0 Å². The molecule has 3 N–H and O–H groups in total. The molecule has 0 saturated carbocycles. The lowest BCUT2D eigenvalue weighted by atomic mass is 9.99. The van der Waals surface area contributed by atoms with E-state index in [-0.39, 0.29) is 6.09 Å². The van der Waals surface area contributed by atoms with Gasteiger partial charge in [0.05, 0.1) is 33.0 Å². The Balaban J connectivity index is 3.21. The van der Waals surface area contributed by atoms with Crippen molar-refractivity contribution >= 4 is 6.09 Å². The van der Waals surface area contributed by atoms with E-state index < -0.39 is 0 Å². The summed E-state index contributed by atoms with van der Waals surface area (Å²) < 4.78 is 21.3. The van der Waals surface area contributed by atoms with Crippen LogP contribution in [-0.4, -0.2) is 65.4 Å². The maximum absolute atomic E-state index is 11.5. The molecule has 7 nitrogen and oxygen atoms in total. The molecular weight excluding hydrogens is 348 g/mol. The van der Waals surface area contributed by atoms with Gasteiger partial charge in [-0.3, -0.25) is 0 Å². The summed E-state index contributed by atoms with van der Waals surface area (Å²) >= 11 is 0. The van der Waals surface area contributed by atoms with Crippen molar-refractivity contribution in [1.82, 2.24) is 5.32 Å². The van der Waals surface area contributed by atoms with Gasteiger partial charge in [-0.1, -0.05) is 33.1 Å². The number of unbranched alkanes of at least 4 members (excludes halogenated alkanes) is 1. The van der Waals surface area contributed by atoms with E-state index in [1.807, 2.05) is 0 Å². The topological polar surface area (TPSA) is 92.0 Å². The maximum Gasteiger partial charge on any atom is 0.407 e. The molecule has 1 amide bonds. The van der Waals surface area contributed by atoms with Crippen LogP contribution in [0.25, 0.3) is 0 Å². The molecule has 0 saturated heterocycles. The number of carbonyl (C=O) groups excluding carboxylic acids is 1. The molecule has 0 unspecified atom stereocenters. The predicted octanol–water partition coefficient (Wildman–Crippen LogP) is 3.11. The second-order valence-corrected chi connectivity index (χ2v) is 6.79. The smallest absolute Gasteiger partial charge is 0.407 e.